The number of hydrogen-bond acceptors (Lipinski definition) is 7. The zero-order valence-electron chi connectivity index (χ0n) is 14.3. The second-order valence-corrected chi connectivity index (χ2v) is 7.75. The fourth-order valence-corrected chi connectivity index (χ4v) is 4.27. The number of aromatic nitrogens is 2. The Balaban J connectivity index is 1.40. The Morgan fingerprint density at radius 1 is 1.36 bits per heavy atom. The summed E-state index contributed by atoms with van der Waals surface area (Å²) in [5.74, 6) is 1.57. The summed E-state index contributed by atoms with van der Waals surface area (Å²) >= 11 is 1.73. The van der Waals surface area contributed by atoms with Gasteiger partial charge in [0.1, 0.15) is 11.9 Å². The van der Waals surface area contributed by atoms with Crippen LogP contribution in [0.3, 0.4) is 0 Å². The molecule has 7 heteroatoms. The quantitative estimate of drug-likeness (QED) is 0.762. The number of thiophene rings is 1. The highest BCUT2D eigenvalue weighted by Gasteiger charge is 2.27. The van der Waals surface area contributed by atoms with E-state index in [4.69, 9.17) is 9.26 Å². The molecule has 4 heterocycles. The van der Waals surface area contributed by atoms with Crippen molar-refractivity contribution in [2.45, 2.75) is 38.8 Å². The molecule has 0 saturated carbocycles. The van der Waals surface area contributed by atoms with Gasteiger partial charge in [0, 0.05) is 30.2 Å². The number of hydrogen-bond donors (Lipinski definition) is 1. The largest absolute Gasteiger partial charge is 0.491 e. The first-order valence-corrected chi connectivity index (χ1v) is 9.33. The van der Waals surface area contributed by atoms with Gasteiger partial charge in [-0.2, -0.15) is 0 Å². The van der Waals surface area contributed by atoms with E-state index in [1.165, 1.54) is 4.88 Å². The van der Waals surface area contributed by atoms with Crippen molar-refractivity contribution in [3.8, 4) is 11.6 Å². The molecule has 25 heavy (non-hydrogen) atoms. The van der Waals surface area contributed by atoms with Crippen LogP contribution in [0.5, 0.6) is 11.6 Å². The smallest absolute Gasteiger partial charge is 0.251 e. The van der Waals surface area contributed by atoms with Crippen molar-refractivity contribution in [1.82, 2.24) is 15.0 Å². The molecule has 0 amide bonds. The molecule has 4 rings (SSSR count). The van der Waals surface area contributed by atoms with Crippen molar-refractivity contribution in [3.63, 3.8) is 0 Å². The Morgan fingerprint density at radius 3 is 2.88 bits per heavy atom. The molecule has 1 aliphatic rings. The van der Waals surface area contributed by atoms with E-state index in [0.29, 0.717) is 5.76 Å². The van der Waals surface area contributed by atoms with Gasteiger partial charge in [-0.1, -0.05) is 0 Å². The minimum Gasteiger partial charge on any atom is -0.491 e. The van der Waals surface area contributed by atoms with Gasteiger partial charge in [0.25, 0.3) is 5.88 Å². The van der Waals surface area contributed by atoms with Gasteiger partial charge < -0.3 is 14.4 Å². The van der Waals surface area contributed by atoms with Gasteiger partial charge in [0.2, 0.25) is 0 Å². The highest BCUT2D eigenvalue weighted by atomic mass is 32.1. The van der Waals surface area contributed by atoms with Gasteiger partial charge in [0.05, 0.1) is 16.3 Å². The minimum absolute atomic E-state index is 0.0620. The Bertz CT molecular complexity index is 867. The predicted molar refractivity (Wildman–Crippen MR) is 96.2 cm³/mol. The van der Waals surface area contributed by atoms with E-state index in [-0.39, 0.29) is 18.0 Å². The fraction of sp³-hybridized carbons (Fsp3) is 0.444. The molecule has 1 aliphatic heterocycles. The van der Waals surface area contributed by atoms with Gasteiger partial charge in [-0.3, -0.25) is 9.88 Å². The number of rotatable bonds is 4. The van der Waals surface area contributed by atoms with Crippen molar-refractivity contribution in [2.24, 2.45) is 0 Å². The van der Waals surface area contributed by atoms with Crippen LogP contribution < -0.4 is 4.74 Å². The average molecular weight is 359 g/mol. The van der Waals surface area contributed by atoms with Crippen LogP contribution in [-0.4, -0.2) is 39.3 Å². The molecule has 1 saturated heterocycles. The first-order chi connectivity index (χ1) is 12.1. The molecule has 0 bridgehead atoms. The van der Waals surface area contributed by atoms with E-state index >= 15 is 0 Å². The number of aromatic hydroxyl groups is 1. The molecule has 3 aromatic heterocycles. The van der Waals surface area contributed by atoms with Crippen LogP contribution in [0.4, 0.5) is 0 Å². The van der Waals surface area contributed by atoms with Gasteiger partial charge in [-0.25, -0.2) is 0 Å². The van der Waals surface area contributed by atoms with Crippen LogP contribution in [0.15, 0.2) is 28.9 Å². The lowest BCUT2D eigenvalue weighted by atomic mass is 10.0. The SMILES string of the molecule is Cc1cc2nccc(OC3CCN(C(C)c4cc(O)no4)CC3)c2s1. The summed E-state index contributed by atoms with van der Waals surface area (Å²) in [5, 5.41) is 12.9. The summed E-state index contributed by atoms with van der Waals surface area (Å²) in [6.45, 7) is 6.01. The van der Waals surface area contributed by atoms with Crippen LogP contribution in [0.1, 0.15) is 36.4 Å². The van der Waals surface area contributed by atoms with Gasteiger partial charge in [-0.15, -0.1) is 11.3 Å². The molecule has 0 aromatic carbocycles. The molecular weight excluding hydrogens is 338 g/mol. The number of pyridine rings is 1. The third kappa shape index (κ3) is 3.34. The first kappa shape index (κ1) is 16.4. The standard InChI is InChI=1S/C18H21N3O3S/c1-11-9-14-18(25-11)15(3-6-19-14)23-13-4-7-21(8-5-13)12(2)16-10-17(22)20-24-16/h3,6,9-10,12-13H,4-5,7-8H2,1-2H3,(H,20,22). The van der Waals surface area contributed by atoms with Crippen LogP contribution in [0, 0.1) is 6.92 Å². The number of aryl methyl sites for hydroxylation is 1. The lowest BCUT2D eigenvalue weighted by molar-refractivity contribution is 0.0725. The molecule has 1 N–H and O–H groups in total. The number of fused-ring (bicyclic) bond motifs is 1. The molecule has 1 fully saturated rings. The van der Waals surface area contributed by atoms with Crippen LogP contribution >= 0.6 is 11.3 Å². The zero-order chi connectivity index (χ0) is 17.4. The van der Waals surface area contributed by atoms with Crippen LogP contribution in [0.25, 0.3) is 10.2 Å². The third-order valence-electron chi connectivity index (χ3n) is 4.74. The second-order valence-electron chi connectivity index (χ2n) is 6.50. The summed E-state index contributed by atoms with van der Waals surface area (Å²) < 4.78 is 12.6. The monoisotopic (exact) mass is 359 g/mol. The van der Waals surface area contributed by atoms with E-state index in [2.05, 4.69) is 35.0 Å². The highest BCUT2D eigenvalue weighted by molar-refractivity contribution is 7.19. The molecule has 0 spiro atoms. The maximum Gasteiger partial charge on any atom is 0.251 e. The third-order valence-corrected chi connectivity index (χ3v) is 5.80. The summed E-state index contributed by atoms with van der Waals surface area (Å²) in [5.41, 5.74) is 1.01. The van der Waals surface area contributed by atoms with E-state index in [0.717, 1.165) is 41.9 Å². The maximum absolute atomic E-state index is 9.35. The molecule has 0 radical (unpaired) electrons. The maximum atomic E-state index is 9.35. The van der Waals surface area contributed by atoms with Gasteiger partial charge in [-0.05, 0) is 44.0 Å². The van der Waals surface area contributed by atoms with E-state index in [9.17, 15) is 5.11 Å². The molecule has 132 valence electrons. The topological polar surface area (TPSA) is 71.6 Å². The fourth-order valence-electron chi connectivity index (χ4n) is 3.34. The lowest BCUT2D eigenvalue weighted by Crippen LogP contribution is -2.39. The lowest BCUT2D eigenvalue weighted by Gasteiger charge is -2.35. The Hall–Kier alpha value is -2.12. The zero-order valence-corrected chi connectivity index (χ0v) is 15.1. The van der Waals surface area contributed by atoms with Crippen LogP contribution in [0.2, 0.25) is 0 Å². The van der Waals surface area contributed by atoms with Crippen molar-refractivity contribution in [3.05, 3.63) is 35.0 Å². The van der Waals surface area contributed by atoms with Crippen molar-refractivity contribution >= 4 is 21.6 Å². The average Bonchev–Trinajstić information content (AvgIpc) is 3.20. The van der Waals surface area contributed by atoms with Crippen molar-refractivity contribution in [2.75, 3.05) is 13.1 Å². The Kier molecular flexibility index (Phi) is 4.35. The second kappa shape index (κ2) is 6.65. The molecule has 3 aromatic rings. The minimum atomic E-state index is -0.0620. The Labute approximate surface area is 150 Å². The summed E-state index contributed by atoms with van der Waals surface area (Å²) in [6, 6.07) is 5.75. The van der Waals surface area contributed by atoms with E-state index in [1.54, 1.807) is 17.4 Å². The number of likely N-dealkylation sites (tertiary alicyclic amines) is 1. The molecular formula is C18H21N3O3S. The molecule has 0 aliphatic carbocycles. The highest BCUT2D eigenvalue weighted by Crippen LogP contribution is 2.34. The molecule has 1 atom stereocenters. The molecule has 1 unspecified atom stereocenters. The number of nitrogens with zero attached hydrogens (tertiary/aromatic N) is 3. The summed E-state index contributed by atoms with van der Waals surface area (Å²) in [6.07, 6.45) is 3.94. The number of piperidine rings is 1. The normalized spacial score (nSPS) is 17.8. The van der Waals surface area contributed by atoms with E-state index in [1.807, 2.05) is 12.3 Å². The van der Waals surface area contributed by atoms with Gasteiger partial charge >= 0.3 is 0 Å². The number of ether oxygens (including phenoxy) is 1. The summed E-state index contributed by atoms with van der Waals surface area (Å²) in [4.78, 5) is 7.99. The molecule has 6 nitrogen and oxygen atoms in total. The Morgan fingerprint density at radius 2 is 2.16 bits per heavy atom. The van der Waals surface area contributed by atoms with Crippen molar-refractivity contribution in [1.29, 1.82) is 0 Å². The van der Waals surface area contributed by atoms with E-state index < -0.39 is 0 Å². The first-order valence-electron chi connectivity index (χ1n) is 8.51. The summed E-state index contributed by atoms with van der Waals surface area (Å²) in [7, 11) is 0. The van der Waals surface area contributed by atoms with Gasteiger partial charge in [0.15, 0.2) is 5.76 Å². The van der Waals surface area contributed by atoms with Crippen LogP contribution in [-0.2, 0) is 0 Å². The predicted octanol–water partition coefficient (Wildman–Crippen LogP) is 3.90. The van der Waals surface area contributed by atoms with Crippen molar-refractivity contribution < 1.29 is 14.4 Å².